The highest BCUT2D eigenvalue weighted by Crippen LogP contribution is 2.23. The number of nitrogens with one attached hydrogen (secondary N) is 1. The minimum Gasteiger partial charge on any atom is -0.377 e. The van der Waals surface area contributed by atoms with Crippen molar-refractivity contribution in [2.45, 2.75) is 6.42 Å². The molecule has 0 amide bonds. The second-order valence-electron chi connectivity index (χ2n) is 5.13. The summed E-state index contributed by atoms with van der Waals surface area (Å²) in [4.78, 5) is 4.17. The predicted molar refractivity (Wildman–Crippen MR) is 73.7 cm³/mol. The van der Waals surface area contributed by atoms with Crippen LogP contribution in [0.5, 0.6) is 0 Å². The van der Waals surface area contributed by atoms with Crippen molar-refractivity contribution in [2.24, 2.45) is 0 Å². The minimum absolute atomic E-state index is 0.741. The van der Waals surface area contributed by atoms with E-state index < -0.39 is 11.6 Å². The fourth-order valence-corrected chi connectivity index (χ4v) is 2.41. The predicted octanol–water partition coefficient (Wildman–Crippen LogP) is 1.48. The van der Waals surface area contributed by atoms with Crippen molar-refractivity contribution in [3.63, 3.8) is 0 Å². The van der Waals surface area contributed by atoms with Gasteiger partial charge in [0.2, 0.25) is 0 Å². The van der Waals surface area contributed by atoms with Crippen LogP contribution in [-0.4, -0.2) is 51.7 Å². The smallest absolute Gasteiger partial charge is 0.160 e. The third-order valence-electron chi connectivity index (χ3n) is 3.51. The maximum atomic E-state index is 13.4. The van der Waals surface area contributed by atoms with E-state index in [4.69, 9.17) is 0 Å². The number of nitrogens with zero attached hydrogens (tertiary/aromatic N) is 2. The first-order chi connectivity index (χ1) is 9.08. The molecule has 0 aromatic heterocycles. The molecule has 1 fully saturated rings. The Morgan fingerprint density at radius 1 is 1.16 bits per heavy atom. The van der Waals surface area contributed by atoms with E-state index in [1.54, 1.807) is 0 Å². The van der Waals surface area contributed by atoms with Gasteiger partial charge in [0.1, 0.15) is 0 Å². The molecule has 19 heavy (non-hydrogen) atoms. The summed E-state index contributed by atoms with van der Waals surface area (Å²) in [5, 5.41) is 3.30. The first-order valence-electron chi connectivity index (χ1n) is 6.66. The van der Waals surface area contributed by atoms with E-state index in [9.17, 15) is 8.78 Å². The first kappa shape index (κ1) is 14.2. The van der Waals surface area contributed by atoms with Gasteiger partial charge in [0.25, 0.3) is 0 Å². The van der Waals surface area contributed by atoms with Crippen molar-refractivity contribution in [2.75, 3.05) is 51.7 Å². The van der Waals surface area contributed by atoms with Crippen LogP contribution in [0, 0.1) is 11.6 Å². The van der Waals surface area contributed by atoms with E-state index in [1.165, 1.54) is 12.1 Å². The average Bonchev–Trinajstić information content (AvgIpc) is 2.40. The number of anilines is 1. The molecule has 1 aliphatic heterocycles. The number of hydrogen-bond acceptors (Lipinski definition) is 3. The van der Waals surface area contributed by atoms with Gasteiger partial charge in [-0.25, -0.2) is 8.78 Å². The van der Waals surface area contributed by atoms with Crippen molar-refractivity contribution < 1.29 is 8.78 Å². The van der Waals surface area contributed by atoms with Crippen LogP contribution in [0.15, 0.2) is 12.1 Å². The summed E-state index contributed by atoms with van der Waals surface area (Å²) in [5.41, 5.74) is 1.62. The molecule has 5 heteroatoms. The van der Waals surface area contributed by atoms with Crippen molar-refractivity contribution in [1.82, 2.24) is 10.2 Å². The van der Waals surface area contributed by atoms with Gasteiger partial charge in [0.05, 0.1) is 0 Å². The Labute approximate surface area is 113 Å². The Morgan fingerprint density at radius 3 is 2.42 bits per heavy atom. The number of halogens is 2. The fourth-order valence-electron chi connectivity index (χ4n) is 2.41. The van der Waals surface area contributed by atoms with E-state index >= 15 is 0 Å². The molecular formula is C14H21F2N3. The van der Waals surface area contributed by atoms with Gasteiger partial charge in [-0.05, 0) is 18.1 Å². The topological polar surface area (TPSA) is 18.5 Å². The lowest BCUT2D eigenvalue weighted by Gasteiger charge is -2.28. The molecule has 3 nitrogen and oxygen atoms in total. The van der Waals surface area contributed by atoms with Crippen LogP contribution < -0.4 is 10.2 Å². The summed E-state index contributed by atoms with van der Waals surface area (Å²) >= 11 is 0. The summed E-state index contributed by atoms with van der Waals surface area (Å²) in [7, 11) is 3.70. The quantitative estimate of drug-likeness (QED) is 0.893. The molecule has 1 heterocycles. The molecule has 1 aromatic rings. The second kappa shape index (κ2) is 6.30. The third-order valence-corrected chi connectivity index (χ3v) is 3.51. The zero-order valence-corrected chi connectivity index (χ0v) is 11.5. The van der Waals surface area contributed by atoms with Gasteiger partial charge in [-0.15, -0.1) is 0 Å². The van der Waals surface area contributed by atoms with Crippen molar-refractivity contribution in [1.29, 1.82) is 0 Å². The molecule has 1 aliphatic rings. The Hall–Kier alpha value is -1.20. The summed E-state index contributed by atoms with van der Waals surface area (Å²) in [6.45, 7) is 4.91. The van der Waals surface area contributed by atoms with Gasteiger partial charge in [-0.3, -0.25) is 0 Å². The highest BCUT2D eigenvalue weighted by molar-refractivity contribution is 5.53. The van der Waals surface area contributed by atoms with Crippen LogP contribution in [0.3, 0.4) is 0 Å². The molecule has 2 rings (SSSR count). The Kier molecular flexibility index (Phi) is 4.71. The van der Waals surface area contributed by atoms with Crippen LogP contribution >= 0.6 is 0 Å². The van der Waals surface area contributed by atoms with E-state index in [2.05, 4.69) is 10.2 Å². The van der Waals surface area contributed by atoms with Gasteiger partial charge in [0, 0.05) is 58.6 Å². The van der Waals surface area contributed by atoms with Gasteiger partial charge in [0.15, 0.2) is 11.6 Å². The Morgan fingerprint density at radius 2 is 1.79 bits per heavy atom. The molecule has 106 valence electrons. The van der Waals surface area contributed by atoms with Crippen LogP contribution in [0.2, 0.25) is 0 Å². The van der Waals surface area contributed by atoms with Crippen LogP contribution in [-0.2, 0) is 6.42 Å². The highest BCUT2D eigenvalue weighted by atomic mass is 19.2. The Bertz CT molecular complexity index is 429. The SMILES string of the molecule is CN(C)c1cc(F)c(F)cc1CCN1CCNCC1. The van der Waals surface area contributed by atoms with Crippen LogP contribution in [0.25, 0.3) is 0 Å². The van der Waals surface area contributed by atoms with E-state index in [1.807, 2.05) is 19.0 Å². The molecule has 0 saturated carbocycles. The summed E-state index contributed by atoms with van der Waals surface area (Å²) in [5.74, 6) is -1.55. The maximum Gasteiger partial charge on any atom is 0.160 e. The normalized spacial score (nSPS) is 16.6. The average molecular weight is 269 g/mol. The standard InChI is InChI=1S/C14H21F2N3/c1-18(2)14-10-13(16)12(15)9-11(14)3-6-19-7-4-17-5-8-19/h9-10,17H,3-8H2,1-2H3. The molecule has 0 bridgehead atoms. The number of piperazine rings is 1. The van der Waals surface area contributed by atoms with Crippen molar-refractivity contribution in [3.05, 3.63) is 29.3 Å². The lowest BCUT2D eigenvalue weighted by Crippen LogP contribution is -2.44. The van der Waals surface area contributed by atoms with Crippen molar-refractivity contribution in [3.8, 4) is 0 Å². The van der Waals surface area contributed by atoms with Gasteiger partial charge < -0.3 is 15.1 Å². The zero-order valence-electron chi connectivity index (χ0n) is 11.5. The lowest BCUT2D eigenvalue weighted by molar-refractivity contribution is 0.244. The van der Waals surface area contributed by atoms with E-state index in [0.717, 1.165) is 50.4 Å². The van der Waals surface area contributed by atoms with Crippen LogP contribution in [0.1, 0.15) is 5.56 Å². The molecular weight excluding hydrogens is 248 g/mol. The zero-order chi connectivity index (χ0) is 13.8. The number of rotatable bonds is 4. The van der Waals surface area contributed by atoms with Gasteiger partial charge >= 0.3 is 0 Å². The number of hydrogen-bond donors (Lipinski definition) is 1. The summed E-state index contributed by atoms with van der Waals surface area (Å²) in [6, 6.07) is 2.61. The Balaban J connectivity index is 2.07. The number of benzene rings is 1. The second-order valence-corrected chi connectivity index (χ2v) is 5.13. The third kappa shape index (κ3) is 3.64. The van der Waals surface area contributed by atoms with E-state index in [0.29, 0.717) is 0 Å². The molecule has 1 aromatic carbocycles. The molecule has 0 radical (unpaired) electrons. The molecule has 0 aliphatic carbocycles. The summed E-state index contributed by atoms with van der Waals surface area (Å²) < 4.78 is 26.7. The molecule has 1 saturated heterocycles. The maximum absolute atomic E-state index is 13.4. The summed E-state index contributed by atoms with van der Waals surface area (Å²) in [6.07, 6.45) is 0.741. The fraction of sp³-hybridized carbons (Fsp3) is 0.571. The van der Waals surface area contributed by atoms with E-state index in [-0.39, 0.29) is 0 Å². The highest BCUT2D eigenvalue weighted by Gasteiger charge is 2.14. The first-order valence-corrected chi connectivity index (χ1v) is 6.66. The largest absolute Gasteiger partial charge is 0.377 e. The lowest BCUT2D eigenvalue weighted by atomic mass is 10.1. The molecule has 0 atom stereocenters. The molecule has 0 spiro atoms. The molecule has 1 N–H and O–H groups in total. The van der Waals surface area contributed by atoms with Gasteiger partial charge in [-0.1, -0.05) is 0 Å². The molecule has 0 unspecified atom stereocenters. The van der Waals surface area contributed by atoms with Gasteiger partial charge in [-0.2, -0.15) is 0 Å². The monoisotopic (exact) mass is 269 g/mol. The minimum atomic E-state index is -0.783. The van der Waals surface area contributed by atoms with Crippen molar-refractivity contribution >= 4 is 5.69 Å². The van der Waals surface area contributed by atoms with Crippen LogP contribution in [0.4, 0.5) is 14.5 Å².